The van der Waals surface area contributed by atoms with E-state index in [1.807, 2.05) is 0 Å². The molecule has 1 saturated heterocycles. The fourth-order valence-corrected chi connectivity index (χ4v) is 2.78. The Kier molecular flexibility index (Phi) is 5.42. The lowest BCUT2D eigenvalue weighted by Crippen LogP contribution is -2.26. The number of anilines is 1. The van der Waals surface area contributed by atoms with Crippen molar-refractivity contribution < 1.29 is 18.7 Å². The Balaban J connectivity index is 1.62. The first kappa shape index (κ1) is 16.9. The van der Waals surface area contributed by atoms with Gasteiger partial charge < -0.3 is 14.8 Å². The van der Waals surface area contributed by atoms with Gasteiger partial charge in [-0.3, -0.25) is 4.79 Å². The number of amides is 1. The third-order valence-corrected chi connectivity index (χ3v) is 4.29. The number of halogens is 2. The van der Waals surface area contributed by atoms with Crippen LogP contribution in [0.2, 0.25) is 0 Å². The quantitative estimate of drug-likeness (QED) is 0.856. The molecule has 0 aliphatic carbocycles. The van der Waals surface area contributed by atoms with Gasteiger partial charge in [0.2, 0.25) is 5.88 Å². The number of benzene rings is 1. The van der Waals surface area contributed by atoms with E-state index in [2.05, 4.69) is 26.2 Å². The van der Waals surface area contributed by atoms with Crippen molar-refractivity contribution in [2.75, 3.05) is 18.5 Å². The lowest BCUT2D eigenvalue weighted by atomic mass is 10.1. The molecule has 1 aliphatic rings. The second-order valence-electron chi connectivity index (χ2n) is 5.39. The topological polar surface area (TPSA) is 60.5 Å². The Morgan fingerprint density at radius 2 is 2.08 bits per heavy atom. The van der Waals surface area contributed by atoms with Gasteiger partial charge >= 0.3 is 0 Å². The second kappa shape index (κ2) is 7.72. The molecular weight excluding hydrogens is 379 g/mol. The third kappa shape index (κ3) is 4.30. The van der Waals surface area contributed by atoms with E-state index in [1.54, 1.807) is 12.1 Å². The molecule has 1 aliphatic heterocycles. The second-order valence-corrected chi connectivity index (χ2v) is 6.25. The molecule has 1 aromatic heterocycles. The molecule has 126 valence electrons. The van der Waals surface area contributed by atoms with E-state index < -0.39 is 0 Å². The molecule has 0 spiro atoms. The van der Waals surface area contributed by atoms with Gasteiger partial charge in [0.05, 0.1) is 24.5 Å². The highest BCUT2D eigenvalue weighted by Gasteiger charge is 2.16. The Morgan fingerprint density at radius 1 is 1.29 bits per heavy atom. The zero-order chi connectivity index (χ0) is 16.9. The molecule has 0 bridgehead atoms. The molecule has 24 heavy (non-hydrogen) atoms. The summed E-state index contributed by atoms with van der Waals surface area (Å²) in [5.74, 6) is -0.218. The Labute approximate surface area is 147 Å². The fourth-order valence-electron chi connectivity index (χ4n) is 2.33. The van der Waals surface area contributed by atoms with Crippen LogP contribution in [0, 0.1) is 5.82 Å². The maximum Gasteiger partial charge on any atom is 0.257 e. The number of hydrogen-bond acceptors (Lipinski definition) is 4. The van der Waals surface area contributed by atoms with Crippen molar-refractivity contribution >= 4 is 27.5 Å². The number of pyridine rings is 1. The number of aromatic nitrogens is 1. The largest absolute Gasteiger partial charge is 0.474 e. The Morgan fingerprint density at radius 3 is 2.75 bits per heavy atom. The average Bonchev–Trinajstić information content (AvgIpc) is 2.59. The van der Waals surface area contributed by atoms with E-state index in [9.17, 15) is 9.18 Å². The zero-order valence-corrected chi connectivity index (χ0v) is 14.4. The summed E-state index contributed by atoms with van der Waals surface area (Å²) in [7, 11) is 0. The molecule has 1 amide bonds. The molecule has 1 fully saturated rings. The summed E-state index contributed by atoms with van der Waals surface area (Å²) in [5, 5.41) is 2.70. The van der Waals surface area contributed by atoms with Crippen LogP contribution in [0.1, 0.15) is 23.2 Å². The number of carbonyl (C=O) groups excluding carboxylic acids is 1. The number of carbonyl (C=O) groups is 1. The normalized spacial score (nSPS) is 15.1. The minimum atomic E-state index is -0.379. The first-order chi connectivity index (χ1) is 11.6. The number of rotatable bonds is 4. The zero-order valence-electron chi connectivity index (χ0n) is 12.8. The summed E-state index contributed by atoms with van der Waals surface area (Å²) < 4.78 is 24.6. The van der Waals surface area contributed by atoms with Crippen molar-refractivity contribution in [3.05, 3.63) is 52.4 Å². The van der Waals surface area contributed by atoms with E-state index in [4.69, 9.17) is 9.47 Å². The van der Waals surface area contributed by atoms with Gasteiger partial charge in [-0.2, -0.15) is 0 Å². The smallest absolute Gasteiger partial charge is 0.257 e. The molecule has 2 heterocycles. The molecule has 3 rings (SSSR count). The van der Waals surface area contributed by atoms with Crippen LogP contribution in [0.25, 0.3) is 0 Å². The third-order valence-electron chi connectivity index (χ3n) is 3.63. The van der Waals surface area contributed by atoms with Crippen LogP contribution >= 0.6 is 15.9 Å². The maximum absolute atomic E-state index is 13.1. The van der Waals surface area contributed by atoms with Gasteiger partial charge in [-0.1, -0.05) is 0 Å². The van der Waals surface area contributed by atoms with Crippen molar-refractivity contribution in [1.82, 2.24) is 4.98 Å². The summed E-state index contributed by atoms with van der Waals surface area (Å²) >= 11 is 3.21. The highest BCUT2D eigenvalue weighted by molar-refractivity contribution is 9.10. The van der Waals surface area contributed by atoms with Gasteiger partial charge in [0.1, 0.15) is 11.9 Å². The standard InChI is InChI=1S/C17H16BrFN2O3/c18-14-9-12(19)2-3-15(14)21-17(22)11-1-4-16(20-10-11)24-13-5-7-23-8-6-13/h1-4,9-10,13H,5-8H2,(H,21,22). The number of ether oxygens (including phenoxy) is 2. The monoisotopic (exact) mass is 394 g/mol. The van der Waals surface area contributed by atoms with Gasteiger partial charge in [-0.05, 0) is 40.2 Å². The van der Waals surface area contributed by atoms with Gasteiger partial charge in [0.15, 0.2) is 0 Å². The minimum absolute atomic E-state index is 0.0982. The molecule has 0 atom stereocenters. The van der Waals surface area contributed by atoms with Gasteiger partial charge in [-0.25, -0.2) is 9.37 Å². The highest BCUT2D eigenvalue weighted by atomic mass is 79.9. The molecule has 1 N–H and O–H groups in total. The highest BCUT2D eigenvalue weighted by Crippen LogP contribution is 2.24. The summed E-state index contributed by atoms with van der Waals surface area (Å²) in [4.78, 5) is 16.4. The van der Waals surface area contributed by atoms with Crippen LogP contribution in [0.3, 0.4) is 0 Å². The van der Waals surface area contributed by atoms with Crippen LogP contribution in [-0.2, 0) is 4.74 Å². The molecule has 7 heteroatoms. The molecule has 1 aromatic carbocycles. The van der Waals surface area contributed by atoms with Gasteiger partial charge in [0.25, 0.3) is 5.91 Å². The molecule has 0 saturated carbocycles. The summed E-state index contributed by atoms with van der Waals surface area (Å²) in [6.07, 6.45) is 3.23. The fraction of sp³-hybridized carbons (Fsp3) is 0.294. The van der Waals surface area contributed by atoms with Crippen LogP contribution in [-0.4, -0.2) is 30.2 Å². The van der Waals surface area contributed by atoms with Crippen LogP contribution in [0.4, 0.5) is 10.1 Å². The van der Waals surface area contributed by atoms with E-state index in [1.165, 1.54) is 24.4 Å². The van der Waals surface area contributed by atoms with Crippen molar-refractivity contribution in [1.29, 1.82) is 0 Å². The SMILES string of the molecule is O=C(Nc1ccc(F)cc1Br)c1ccc(OC2CCOCC2)nc1. The minimum Gasteiger partial charge on any atom is -0.474 e. The van der Waals surface area contributed by atoms with Gasteiger partial charge in [-0.15, -0.1) is 0 Å². The van der Waals surface area contributed by atoms with Crippen molar-refractivity contribution in [3.63, 3.8) is 0 Å². The maximum atomic E-state index is 13.1. The molecule has 5 nitrogen and oxygen atoms in total. The van der Waals surface area contributed by atoms with Gasteiger partial charge in [0, 0.05) is 29.6 Å². The molecule has 0 unspecified atom stereocenters. The average molecular weight is 395 g/mol. The lowest BCUT2D eigenvalue weighted by Gasteiger charge is -2.22. The number of nitrogens with one attached hydrogen (secondary N) is 1. The van der Waals surface area contributed by atoms with E-state index in [0.29, 0.717) is 34.8 Å². The van der Waals surface area contributed by atoms with E-state index >= 15 is 0 Å². The predicted molar refractivity (Wildman–Crippen MR) is 90.8 cm³/mol. The number of nitrogens with zero attached hydrogens (tertiary/aromatic N) is 1. The molecule has 2 aromatic rings. The van der Waals surface area contributed by atoms with E-state index in [-0.39, 0.29) is 17.8 Å². The first-order valence-corrected chi connectivity index (χ1v) is 8.38. The van der Waals surface area contributed by atoms with Crippen LogP contribution in [0.5, 0.6) is 5.88 Å². The van der Waals surface area contributed by atoms with Crippen molar-refractivity contribution in [3.8, 4) is 5.88 Å². The molecule has 0 radical (unpaired) electrons. The van der Waals surface area contributed by atoms with Crippen LogP contribution < -0.4 is 10.1 Å². The Bertz CT molecular complexity index is 718. The van der Waals surface area contributed by atoms with Crippen molar-refractivity contribution in [2.24, 2.45) is 0 Å². The van der Waals surface area contributed by atoms with Crippen LogP contribution in [0.15, 0.2) is 41.0 Å². The first-order valence-electron chi connectivity index (χ1n) is 7.58. The van der Waals surface area contributed by atoms with Crippen molar-refractivity contribution in [2.45, 2.75) is 18.9 Å². The Hall–Kier alpha value is -1.99. The summed E-state index contributed by atoms with van der Waals surface area (Å²) in [5.41, 5.74) is 0.884. The number of hydrogen-bond donors (Lipinski definition) is 1. The summed E-state index contributed by atoms with van der Waals surface area (Å²) in [6, 6.07) is 7.38. The lowest BCUT2D eigenvalue weighted by molar-refractivity contribution is 0.0237. The predicted octanol–water partition coefficient (Wildman–Crippen LogP) is 3.79. The summed E-state index contributed by atoms with van der Waals surface area (Å²) in [6.45, 7) is 1.38. The van der Waals surface area contributed by atoms with E-state index in [0.717, 1.165) is 12.8 Å². The molecular formula is C17H16BrFN2O3.